The van der Waals surface area contributed by atoms with Gasteiger partial charge < -0.3 is 24.6 Å². The van der Waals surface area contributed by atoms with E-state index in [2.05, 4.69) is 5.32 Å². The normalized spacial score (nSPS) is 15.2. The number of hydrogen-bond donors (Lipinski definition) is 1. The number of ether oxygens (including phenoxy) is 2. The molecule has 1 rings (SSSR count). The van der Waals surface area contributed by atoms with Gasteiger partial charge in [-0.3, -0.25) is 9.59 Å². The Morgan fingerprint density at radius 3 is 1.92 bits per heavy atom. The first-order valence-electron chi connectivity index (χ1n) is 8.24. The number of carbonyl (C=O) groups is 3. The van der Waals surface area contributed by atoms with Crippen molar-refractivity contribution in [2.45, 2.75) is 39.2 Å². The zero-order valence-electron chi connectivity index (χ0n) is 15.1. The highest BCUT2D eigenvalue weighted by atomic mass is 16.6. The Hall–Kier alpha value is -1.83. The van der Waals surface area contributed by atoms with E-state index in [0.717, 1.165) is 0 Å². The molecule has 0 atom stereocenters. The van der Waals surface area contributed by atoms with E-state index in [1.807, 2.05) is 0 Å². The van der Waals surface area contributed by atoms with Crippen molar-refractivity contribution in [1.82, 2.24) is 15.1 Å². The van der Waals surface area contributed by atoms with Gasteiger partial charge in [0.25, 0.3) is 0 Å². The van der Waals surface area contributed by atoms with Crippen LogP contribution >= 0.6 is 0 Å². The van der Waals surface area contributed by atoms with Gasteiger partial charge in [0.15, 0.2) is 0 Å². The van der Waals surface area contributed by atoms with Crippen LogP contribution < -0.4 is 5.32 Å². The third-order valence-electron chi connectivity index (χ3n) is 3.51. The summed E-state index contributed by atoms with van der Waals surface area (Å²) in [4.78, 5) is 39.0. The molecule has 0 unspecified atom stereocenters. The number of rotatable bonds is 6. The lowest BCUT2D eigenvalue weighted by Crippen LogP contribution is -2.51. The van der Waals surface area contributed by atoms with E-state index < -0.39 is 11.7 Å². The van der Waals surface area contributed by atoms with Crippen molar-refractivity contribution >= 4 is 17.9 Å². The molecule has 0 aromatic rings. The molecular formula is C16H29N3O5. The molecule has 1 N–H and O–H groups in total. The van der Waals surface area contributed by atoms with Crippen molar-refractivity contribution in [3.05, 3.63) is 0 Å². The summed E-state index contributed by atoms with van der Waals surface area (Å²) in [5, 5.41) is 2.57. The van der Waals surface area contributed by atoms with E-state index in [9.17, 15) is 14.4 Å². The van der Waals surface area contributed by atoms with Gasteiger partial charge >= 0.3 is 6.09 Å². The van der Waals surface area contributed by atoms with Crippen molar-refractivity contribution in [3.8, 4) is 0 Å². The summed E-state index contributed by atoms with van der Waals surface area (Å²) >= 11 is 0. The van der Waals surface area contributed by atoms with Crippen LogP contribution in [0.1, 0.15) is 33.6 Å². The van der Waals surface area contributed by atoms with E-state index in [1.54, 1.807) is 37.7 Å². The summed E-state index contributed by atoms with van der Waals surface area (Å²) in [5.74, 6) is 0.0191. The number of carbonyl (C=O) groups excluding carboxylic acids is 3. The molecular weight excluding hydrogens is 314 g/mol. The minimum Gasteiger partial charge on any atom is -0.444 e. The van der Waals surface area contributed by atoms with Crippen LogP contribution in [-0.4, -0.2) is 79.7 Å². The van der Waals surface area contributed by atoms with Crippen molar-refractivity contribution < 1.29 is 23.9 Å². The Bertz CT molecular complexity index is 439. The second-order valence-electron chi connectivity index (χ2n) is 6.68. The summed E-state index contributed by atoms with van der Waals surface area (Å²) < 4.78 is 10.0. The van der Waals surface area contributed by atoms with Crippen molar-refractivity contribution in [2.24, 2.45) is 0 Å². The first-order valence-corrected chi connectivity index (χ1v) is 8.24. The van der Waals surface area contributed by atoms with Crippen LogP contribution in [0.2, 0.25) is 0 Å². The topological polar surface area (TPSA) is 88.2 Å². The van der Waals surface area contributed by atoms with Crippen molar-refractivity contribution in [3.63, 3.8) is 0 Å². The maximum absolute atomic E-state index is 12.1. The number of methoxy groups -OCH3 is 1. The monoisotopic (exact) mass is 343 g/mol. The van der Waals surface area contributed by atoms with Gasteiger partial charge in [-0.1, -0.05) is 0 Å². The molecule has 0 saturated carbocycles. The second kappa shape index (κ2) is 9.46. The predicted octanol–water partition coefficient (Wildman–Crippen LogP) is 0.609. The van der Waals surface area contributed by atoms with Crippen LogP contribution in [0.4, 0.5) is 4.79 Å². The Morgan fingerprint density at radius 1 is 0.958 bits per heavy atom. The highest BCUT2D eigenvalue weighted by Gasteiger charge is 2.24. The number of hydrogen-bond acceptors (Lipinski definition) is 5. The van der Waals surface area contributed by atoms with Gasteiger partial charge in [-0.2, -0.15) is 0 Å². The fourth-order valence-electron chi connectivity index (χ4n) is 2.30. The van der Waals surface area contributed by atoms with Crippen molar-refractivity contribution in [1.29, 1.82) is 0 Å². The fourth-order valence-corrected chi connectivity index (χ4v) is 2.30. The molecule has 0 bridgehead atoms. The number of nitrogens with zero attached hydrogens (tertiary/aromatic N) is 2. The Labute approximate surface area is 143 Å². The summed E-state index contributed by atoms with van der Waals surface area (Å²) in [6.07, 6.45) is 0.0602. The van der Waals surface area contributed by atoms with Crippen LogP contribution in [0.5, 0.6) is 0 Å². The molecule has 0 spiro atoms. The first-order chi connectivity index (χ1) is 11.2. The molecule has 24 heavy (non-hydrogen) atoms. The summed E-state index contributed by atoms with van der Waals surface area (Å²) in [6.45, 7) is 8.10. The van der Waals surface area contributed by atoms with Gasteiger partial charge in [-0.15, -0.1) is 0 Å². The van der Waals surface area contributed by atoms with E-state index in [1.165, 1.54) is 0 Å². The molecule has 0 aliphatic carbocycles. The number of amides is 3. The van der Waals surface area contributed by atoms with Crippen LogP contribution in [-0.2, 0) is 19.1 Å². The molecule has 8 nitrogen and oxygen atoms in total. The zero-order chi connectivity index (χ0) is 18.2. The van der Waals surface area contributed by atoms with Crippen LogP contribution in [0, 0.1) is 0 Å². The molecule has 1 fully saturated rings. The highest BCUT2D eigenvalue weighted by molar-refractivity contribution is 5.79. The minimum atomic E-state index is -0.556. The van der Waals surface area contributed by atoms with Gasteiger partial charge in [0.2, 0.25) is 11.8 Å². The molecule has 0 aromatic carbocycles. The predicted molar refractivity (Wildman–Crippen MR) is 88.5 cm³/mol. The third-order valence-corrected chi connectivity index (χ3v) is 3.51. The smallest absolute Gasteiger partial charge is 0.407 e. The van der Waals surface area contributed by atoms with E-state index in [0.29, 0.717) is 39.2 Å². The Balaban J connectivity index is 2.24. The molecule has 1 aliphatic heterocycles. The zero-order valence-corrected chi connectivity index (χ0v) is 15.1. The fraction of sp³-hybridized carbons (Fsp3) is 0.812. The maximum Gasteiger partial charge on any atom is 0.407 e. The van der Waals surface area contributed by atoms with Crippen LogP contribution in [0.3, 0.4) is 0 Å². The lowest BCUT2D eigenvalue weighted by molar-refractivity contribution is -0.140. The van der Waals surface area contributed by atoms with Crippen molar-refractivity contribution in [2.75, 3.05) is 46.4 Å². The number of piperazine rings is 1. The van der Waals surface area contributed by atoms with E-state index in [4.69, 9.17) is 9.47 Å². The lowest BCUT2D eigenvalue weighted by atomic mass is 10.2. The molecule has 0 aromatic heterocycles. The standard InChI is InChI=1S/C16H29N3O5/c1-16(2,3)24-15(22)17-7-5-13(20)18-8-10-19(11-9-18)14(21)6-12-23-4/h5-12H2,1-4H3,(H,17,22). The Kier molecular flexibility index (Phi) is 7.97. The molecule has 8 heteroatoms. The van der Waals surface area contributed by atoms with E-state index in [-0.39, 0.29) is 24.8 Å². The third kappa shape index (κ3) is 7.63. The molecule has 3 amide bonds. The minimum absolute atomic E-state index is 0.0324. The second-order valence-corrected chi connectivity index (χ2v) is 6.68. The average Bonchev–Trinajstić information content (AvgIpc) is 2.50. The Morgan fingerprint density at radius 2 is 1.46 bits per heavy atom. The van der Waals surface area contributed by atoms with Gasteiger partial charge in [0.05, 0.1) is 13.0 Å². The van der Waals surface area contributed by atoms with Crippen LogP contribution in [0.15, 0.2) is 0 Å². The highest BCUT2D eigenvalue weighted by Crippen LogP contribution is 2.07. The van der Waals surface area contributed by atoms with Crippen LogP contribution in [0.25, 0.3) is 0 Å². The summed E-state index contributed by atoms with van der Waals surface area (Å²) in [5.41, 5.74) is -0.556. The van der Waals surface area contributed by atoms with Gasteiger partial charge in [0.1, 0.15) is 5.60 Å². The molecule has 1 aliphatic rings. The summed E-state index contributed by atoms with van der Waals surface area (Å²) in [7, 11) is 1.56. The summed E-state index contributed by atoms with van der Waals surface area (Å²) in [6, 6.07) is 0. The molecule has 1 saturated heterocycles. The molecule has 138 valence electrons. The number of nitrogens with one attached hydrogen (secondary N) is 1. The van der Waals surface area contributed by atoms with Gasteiger partial charge in [0, 0.05) is 46.3 Å². The average molecular weight is 343 g/mol. The van der Waals surface area contributed by atoms with Gasteiger partial charge in [-0.25, -0.2) is 4.79 Å². The molecule has 0 radical (unpaired) electrons. The van der Waals surface area contributed by atoms with Gasteiger partial charge in [-0.05, 0) is 20.8 Å². The quantitative estimate of drug-likeness (QED) is 0.763. The van der Waals surface area contributed by atoms with E-state index >= 15 is 0 Å². The molecule has 1 heterocycles. The SMILES string of the molecule is COCCC(=O)N1CCN(C(=O)CCNC(=O)OC(C)(C)C)CC1. The first kappa shape index (κ1) is 20.2. The lowest BCUT2D eigenvalue weighted by Gasteiger charge is -2.35. The maximum atomic E-state index is 12.1. The largest absolute Gasteiger partial charge is 0.444 e. The number of alkyl carbamates (subject to hydrolysis) is 1.